The summed E-state index contributed by atoms with van der Waals surface area (Å²) in [5, 5.41) is 0. The molecule has 0 aromatic heterocycles. The monoisotopic (exact) mass is 478 g/mol. The third-order valence-electron chi connectivity index (χ3n) is 4.18. The van der Waals surface area contributed by atoms with Crippen molar-refractivity contribution in [3.8, 4) is 0 Å². The van der Waals surface area contributed by atoms with E-state index in [9.17, 15) is 4.89 Å². The van der Waals surface area contributed by atoms with E-state index < -0.39 is 14.8 Å². The van der Waals surface area contributed by atoms with Gasteiger partial charge < -0.3 is 9.42 Å². The fourth-order valence-electron chi connectivity index (χ4n) is 2.60. The van der Waals surface area contributed by atoms with Crippen molar-refractivity contribution >= 4 is 37.8 Å². The molecule has 0 saturated heterocycles. The van der Waals surface area contributed by atoms with Crippen LogP contribution in [-0.4, -0.2) is 17.3 Å². The van der Waals surface area contributed by atoms with Crippen molar-refractivity contribution in [3.63, 3.8) is 0 Å². The van der Waals surface area contributed by atoms with Crippen LogP contribution in [0.3, 0.4) is 0 Å². The second-order valence-electron chi connectivity index (χ2n) is 6.57. The molecule has 0 spiro atoms. The minimum atomic E-state index is -2.74. The molecule has 0 aliphatic rings. The molecule has 2 nitrogen and oxygen atoms in total. The maximum Gasteiger partial charge on any atom is 0.248 e. The third kappa shape index (κ3) is 18.9. The molecule has 0 aliphatic carbocycles. The zero-order chi connectivity index (χ0) is 18.1. The fourth-order valence-corrected chi connectivity index (χ4v) is 7.05. The van der Waals surface area contributed by atoms with Crippen molar-refractivity contribution in [2.45, 2.75) is 104 Å². The summed E-state index contributed by atoms with van der Waals surface area (Å²) < 4.78 is 5.62. The first kappa shape index (κ1) is 29.0. The molecule has 1 N–H and O–H groups in total. The van der Waals surface area contributed by atoms with E-state index in [0.717, 1.165) is 18.6 Å². The van der Waals surface area contributed by atoms with E-state index in [2.05, 4.69) is 13.8 Å². The Morgan fingerprint density at radius 1 is 0.760 bits per heavy atom. The van der Waals surface area contributed by atoms with Crippen LogP contribution < -0.4 is 0 Å². The van der Waals surface area contributed by atoms with Crippen LogP contribution in [-0.2, 0) is 56.1 Å². The minimum absolute atomic E-state index is 0. The Labute approximate surface area is 181 Å². The summed E-state index contributed by atoms with van der Waals surface area (Å²) >= 11 is 10.7. The SMILES string of the molecule is CCCCCCCCCOP(O)(=S)S(=S)CCCCCCCCC.[Zn]. The number of unbranched alkanes of at least 4 members (excludes halogenated alkanes) is 12. The summed E-state index contributed by atoms with van der Waals surface area (Å²) in [4.78, 5) is 10.3. The molecule has 148 valence electrons. The normalized spacial score (nSPS) is 14.7. The summed E-state index contributed by atoms with van der Waals surface area (Å²) in [5.41, 5.74) is -2.74. The maximum absolute atomic E-state index is 10.3. The van der Waals surface area contributed by atoms with Crippen LogP contribution in [0.1, 0.15) is 104 Å². The molecule has 2 atom stereocenters. The van der Waals surface area contributed by atoms with Gasteiger partial charge in [0.05, 0.1) is 6.61 Å². The van der Waals surface area contributed by atoms with Crippen molar-refractivity contribution in [2.75, 3.05) is 12.4 Å². The summed E-state index contributed by atoms with van der Waals surface area (Å²) in [6, 6.07) is 0. The van der Waals surface area contributed by atoms with Gasteiger partial charge in [0.1, 0.15) is 0 Å². The van der Waals surface area contributed by atoms with Gasteiger partial charge in [0, 0.05) is 25.2 Å². The second kappa shape index (κ2) is 20.5. The topological polar surface area (TPSA) is 29.5 Å². The molecule has 0 aliphatic heterocycles. The van der Waals surface area contributed by atoms with E-state index in [1.165, 1.54) is 77.0 Å². The van der Waals surface area contributed by atoms with Crippen LogP contribution in [0, 0.1) is 0 Å². The maximum atomic E-state index is 10.3. The van der Waals surface area contributed by atoms with E-state index in [1.807, 2.05) is 0 Å². The summed E-state index contributed by atoms with van der Waals surface area (Å²) in [5.74, 6) is 0.855. The van der Waals surface area contributed by atoms with Crippen molar-refractivity contribution in [3.05, 3.63) is 0 Å². The molecule has 0 aromatic carbocycles. The molecule has 0 bridgehead atoms. The summed E-state index contributed by atoms with van der Waals surface area (Å²) in [7, 11) is -0.558. The first-order valence-corrected chi connectivity index (χ1v) is 15.5. The molecule has 0 radical (unpaired) electrons. The predicted octanol–water partition coefficient (Wildman–Crippen LogP) is 6.80. The standard InChI is InChI=1S/C18H39O2PS3.Zn/c1-3-5-7-9-11-13-15-17-20-21(19,22)24(23)18-16-14-12-10-8-6-4-2;/h3-18H2,1-2H3,(H,19,22);. The fraction of sp³-hybridized carbons (Fsp3) is 1.00. The van der Waals surface area contributed by atoms with Gasteiger partial charge in [0.15, 0.2) is 0 Å². The van der Waals surface area contributed by atoms with Crippen LogP contribution in [0.25, 0.3) is 0 Å². The summed E-state index contributed by atoms with van der Waals surface area (Å²) in [6.45, 7) is 5.06. The molecule has 7 heteroatoms. The van der Waals surface area contributed by atoms with E-state index in [4.69, 9.17) is 27.5 Å². The minimum Gasteiger partial charge on any atom is -0.337 e. The molecule has 0 rings (SSSR count). The van der Waals surface area contributed by atoms with E-state index in [1.54, 1.807) is 0 Å². The quantitative estimate of drug-likeness (QED) is 0.133. The first-order chi connectivity index (χ1) is 11.5. The van der Waals surface area contributed by atoms with Crippen LogP contribution in [0.4, 0.5) is 0 Å². The van der Waals surface area contributed by atoms with Gasteiger partial charge in [-0.3, -0.25) is 0 Å². The molecule has 0 amide bonds. The molecule has 0 aromatic rings. The smallest absolute Gasteiger partial charge is 0.248 e. The van der Waals surface area contributed by atoms with Gasteiger partial charge in [-0.1, -0.05) is 90.9 Å². The number of rotatable bonds is 18. The molecule has 0 saturated carbocycles. The van der Waals surface area contributed by atoms with Gasteiger partial charge in [0.25, 0.3) is 0 Å². The van der Waals surface area contributed by atoms with Gasteiger partial charge in [0.2, 0.25) is 5.69 Å². The Morgan fingerprint density at radius 3 is 1.64 bits per heavy atom. The Hall–Kier alpha value is 1.76. The first-order valence-electron chi connectivity index (χ1n) is 9.91. The van der Waals surface area contributed by atoms with Gasteiger partial charge >= 0.3 is 0 Å². The average Bonchev–Trinajstić information content (AvgIpc) is 2.56. The summed E-state index contributed by atoms with van der Waals surface area (Å²) in [6.07, 6.45) is 17.6. The van der Waals surface area contributed by atoms with E-state index in [0.29, 0.717) is 6.61 Å². The molecule has 2 unspecified atom stereocenters. The van der Waals surface area contributed by atoms with E-state index in [-0.39, 0.29) is 19.5 Å². The number of hydrogen-bond donors (Lipinski definition) is 1. The van der Waals surface area contributed by atoms with Crippen molar-refractivity contribution in [2.24, 2.45) is 0 Å². The molecule has 0 heterocycles. The third-order valence-corrected chi connectivity index (χ3v) is 13.4. The molecule has 25 heavy (non-hydrogen) atoms. The van der Waals surface area contributed by atoms with E-state index >= 15 is 0 Å². The van der Waals surface area contributed by atoms with Gasteiger partial charge in [-0.2, -0.15) is 0 Å². The number of hydrogen-bond acceptors (Lipinski definition) is 3. The van der Waals surface area contributed by atoms with Crippen LogP contribution in [0.2, 0.25) is 0 Å². The Morgan fingerprint density at radius 2 is 1.16 bits per heavy atom. The van der Waals surface area contributed by atoms with Gasteiger partial charge in [-0.05, 0) is 44.9 Å². The van der Waals surface area contributed by atoms with Crippen LogP contribution in [0.15, 0.2) is 0 Å². The van der Waals surface area contributed by atoms with Crippen molar-refractivity contribution in [1.29, 1.82) is 0 Å². The van der Waals surface area contributed by atoms with Crippen LogP contribution >= 0.6 is 5.69 Å². The zero-order valence-corrected chi connectivity index (χ0v) is 22.9. The second-order valence-corrected chi connectivity index (χ2v) is 15.8. The molecular formula is C18H39O2PS3Zn. The van der Waals surface area contributed by atoms with Gasteiger partial charge in [-0.25, -0.2) is 0 Å². The Bertz CT molecular complexity index is 357. The molecular weight excluding hydrogens is 441 g/mol. The van der Waals surface area contributed by atoms with Crippen molar-refractivity contribution in [1.82, 2.24) is 0 Å². The zero-order valence-electron chi connectivity index (χ0n) is 16.5. The van der Waals surface area contributed by atoms with Crippen LogP contribution in [0.5, 0.6) is 0 Å². The van der Waals surface area contributed by atoms with Crippen molar-refractivity contribution < 1.29 is 28.9 Å². The predicted molar refractivity (Wildman–Crippen MR) is 118 cm³/mol. The van der Waals surface area contributed by atoms with Gasteiger partial charge in [-0.15, -0.1) is 0 Å². The average molecular weight is 480 g/mol. The Balaban J connectivity index is 0. The largest absolute Gasteiger partial charge is 0.337 e. The Kier molecular flexibility index (Phi) is 23.8. The molecule has 0 fully saturated rings.